The van der Waals surface area contributed by atoms with E-state index < -0.39 is 12.0 Å². The Kier molecular flexibility index (Phi) is 3.78. The maximum Gasteiger partial charge on any atom is 0.257 e. The van der Waals surface area contributed by atoms with Gasteiger partial charge in [0.1, 0.15) is 0 Å². The third-order valence-corrected chi connectivity index (χ3v) is 3.44. The molecule has 0 aromatic heterocycles. The topological polar surface area (TPSA) is 52.6 Å². The average Bonchev–Trinajstić information content (AvgIpc) is 2.62. The molecule has 5 heteroatoms. The molecule has 1 atom stereocenters. The molecular weight excluding hydrogens is 252 g/mol. The molecular formula is C13H17ClN2O2. The van der Waals surface area contributed by atoms with Gasteiger partial charge in [0.05, 0.1) is 10.7 Å². The van der Waals surface area contributed by atoms with Crippen molar-refractivity contribution in [2.45, 2.75) is 26.4 Å². The van der Waals surface area contributed by atoms with Crippen LogP contribution < -0.4 is 10.2 Å². The summed E-state index contributed by atoms with van der Waals surface area (Å²) in [5.41, 5.74) is 2.11. The number of carbonyl (C=O) groups excluding carboxylic acids is 1. The summed E-state index contributed by atoms with van der Waals surface area (Å²) in [6.07, 6.45) is -0.0798. The van der Waals surface area contributed by atoms with Gasteiger partial charge in [0.2, 0.25) is 0 Å². The van der Waals surface area contributed by atoms with Crippen LogP contribution in [0.25, 0.3) is 0 Å². The van der Waals surface area contributed by atoms with Gasteiger partial charge in [-0.15, -0.1) is 0 Å². The second-order valence-electron chi connectivity index (χ2n) is 4.36. The summed E-state index contributed by atoms with van der Waals surface area (Å²) in [6, 6.07) is 3.51. The molecule has 0 aliphatic carbocycles. The number of benzene rings is 1. The van der Waals surface area contributed by atoms with Crippen molar-refractivity contribution in [1.82, 2.24) is 0 Å². The molecule has 0 bridgehead atoms. The SMILES string of the molecule is CCCN(CC)c1cc2c(cc1Cl)C(O)C(=O)N2. The fourth-order valence-corrected chi connectivity index (χ4v) is 2.51. The molecule has 18 heavy (non-hydrogen) atoms. The lowest BCUT2D eigenvalue weighted by molar-refractivity contribution is -0.123. The standard InChI is InChI=1S/C13H17ClN2O2/c1-3-5-16(4-2)11-7-10-8(6-9(11)14)12(17)13(18)15-10/h6-7,12,17H,3-5H2,1-2H3,(H,15,18). The smallest absolute Gasteiger partial charge is 0.257 e. The van der Waals surface area contributed by atoms with Crippen LogP contribution in [0.2, 0.25) is 5.02 Å². The predicted octanol–water partition coefficient (Wildman–Crippen LogP) is 2.56. The zero-order valence-corrected chi connectivity index (χ0v) is 11.3. The van der Waals surface area contributed by atoms with Crippen LogP contribution in [-0.4, -0.2) is 24.1 Å². The van der Waals surface area contributed by atoms with E-state index >= 15 is 0 Å². The van der Waals surface area contributed by atoms with Gasteiger partial charge in [-0.3, -0.25) is 4.79 Å². The Balaban J connectivity index is 2.40. The number of anilines is 2. The Hall–Kier alpha value is -1.26. The van der Waals surface area contributed by atoms with Crippen LogP contribution in [0, 0.1) is 0 Å². The fraction of sp³-hybridized carbons (Fsp3) is 0.462. The summed E-state index contributed by atoms with van der Waals surface area (Å²) in [4.78, 5) is 13.6. The van der Waals surface area contributed by atoms with E-state index in [-0.39, 0.29) is 0 Å². The van der Waals surface area contributed by atoms with Crippen LogP contribution in [0.4, 0.5) is 11.4 Å². The van der Waals surface area contributed by atoms with Crippen LogP contribution in [0.1, 0.15) is 31.9 Å². The first-order valence-corrected chi connectivity index (χ1v) is 6.53. The van der Waals surface area contributed by atoms with Crippen LogP contribution in [0.3, 0.4) is 0 Å². The highest BCUT2D eigenvalue weighted by Gasteiger charge is 2.30. The molecule has 1 unspecified atom stereocenters. The molecule has 1 aliphatic rings. The number of carbonyl (C=O) groups is 1. The molecule has 2 N–H and O–H groups in total. The Bertz CT molecular complexity index is 476. The third-order valence-electron chi connectivity index (χ3n) is 3.14. The van der Waals surface area contributed by atoms with Crippen molar-refractivity contribution in [1.29, 1.82) is 0 Å². The average molecular weight is 269 g/mol. The van der Waals surface area contributed by atoms with Crippen LogP contribution in [-0.2, 0) is 4.79 Å². The molecule has 4 nitrogen and oxygen atoms in total. The van der Waals surface area contributed by atoms with Crippen LogP contribution in [0.5, 0.6) is 0 Å². The number of hydrogen-bond donors (Lipinski definition) is 2. The minimum atomic E-state index is -1.10. The molecule has 1 heterocycles. The Morgan fingerprint density at radius 1 is 1.44 bits per heavy atom. The number of aliphatic hydroxyl groups is 1. The largest absolute Gasteiger partial charge is 0.378 e. The van der Waals surface area contributed by atoms with E-state index in [4.69, 9.17) is 11.6 Å². The number of nitrogens with zero attached hydrogens (tertiary/aromatic N) is 1. The first kappa shape index (κ1) is 13.2. The third kappa shape index (κ3) is 2.18. The van der Waals surface area contributed by atoms with Gasteiger partial charge >= 0.3 is 0 Å². The number of fused-ring (bicyclic) bond motifs is 1. The Morgan fingerprint density at radius 2 is 2.17 bits per heavy atom. The lowest BCUT2D eigenvalue weighted by atomic mass is 10.1. The van der Waals surface area contributed by atoms with Crippen molar-refractivity contribution in [3.05, 3.63) is 22.7 Å². The van der Waals surface area contributed by atoms with Crippen molar-refractivity contribution in [2.24, 2.45) is 0 Å². The number of rotatable bonds is 4. The number of nitrogens with one attached hydrogen (secondary N) is 1. The second kappa shape index (κ2) is 5.16. The molecule has 1 aromatic rings. The van der Waals surface area contributed by atoms with Crippen molar-refractivity contribution < 1.29 is 9.90 Å². The maximum atomic E-state index is 11.4. The van der Waals surface area contributed by atoms with Gasteiger partial charge in [0.15, 0.2) is 6.10 Å². The second-order valence-corrected chi connectivity index (χ2v) is 4.77. The van der Waals surface area contributed by atoms with Gasteiger partial charge in [0.25, 0.3) is 5.91 Å². The normalized spacial score (nSPS) is 17.6. The molecule has 98 valence electrons. The minimum absolute atomic E-state index is 0.392. The van der Waals surface area contributed by atoms with Crippen molar-refractivity contribution in [3.8, 4) is 0 Å². The van der Waals surface area contributed by atoms with Gasteiger partial charge in [0, 0.05) is 24.3 Å². The lowest BCUT2D eigenvalue weighted by Crippen LogP contribution is -2.23. The van der Waals surface area contributed by atoms with Gasteiger partial charge in [-0.2, -0.15) is 0 Å². The van der Waals surface area contributed by atoms with Crippen LogP contribution >= 0.6 is 11.6 Å². The number of aliphatic hydroxyl groups excluding tert-OH is 1. The van der Waals surface area contributed by atoms with Crippen molar-refractivity contribution >= 4 is 28.9 Å². The minimum Gasteiger partial charge on any atom is -0.378 e. The van der Waals surface area contributed by atoms with Gasteiger partial charge < -0.3 is 15.3 Å². The van der Waals surface area contributed by atoms with E-state index in [0.29, 0.717) is 16.3 Å². The summed E-state index contributed by atoms with van der Waals surface area (Å²) in [6.45, 7) is 5.93. The molecule has 1 amide bonds. The van der Waals surface area contributed by atoms with Crippen LogP contribution in [0.15, 0.2) is 12.1 Å². The Morgan fingerprint density at radius 3 is 2.78 bits per heavy atom. The molecule has 1 aliphatic heterocycles. The quantitative estimate of drug-likeness (QED) is 0.882. The lowest BCUT2D eigenvalue weighted by Gasteiger charge is -2.24. The van der Waals surface area contributed by atoms with E-state index in [9.17, 15) is 9.90 Å². The van der Waals surface area contributed by atoms with E-state index in [1.807, 2.05) is 6.07 Å². The van der Waals surface area contributed by atoms with E-state index in [1.54, 1.807) is 6.07 Å². The highest BCUT2D eigenvalue weighted by Crippen LogP contribution is 2.38. The zero-order chi connectivity index (χ0) is 13.3. The Labute approximate surface area is 112 Å². The van der Waals surface area contributed by atoms with Gasteiger partial charge in [-0.25, -0.2) is 0 Å². The molecule has 0 spiro atoms. The predicted molar refractivity (Wildman–Crippen MR) is 73.2 cm³/mol. The van der Waals surface area contributed by atoms with E-state index in [1.165, 1.54) is 0 Å². The zero-order valence-electron chi connectivity index (χ0n) is 10.5. The first-order chi connectivity index (χ1) is 8.58. The highest BCUT2D eigenvalue weighted by molar-refractivity contribution is 6.33. The molecule has 2 rings (SSSR count). The summed E-state index contributed by atoms with van der Waals surface area (Å²) in [5.74, 6) is -0.392. The molecule has 1 aromatic carbocycles. The number of halogens is 1. The summed E-state index contributed by atoms with van der Waals surface area (Å²) in [7, 11) is 0. The van der Waals surface area contributed by atoms with E-state index in [0.717, 1.165) is 25.2 Å². The molecule has 0 radical (unpaired) electrons. The highest BCUT2D eigenvalue weighted by atomic mass is 35.5. The summed E-state index contributed by atoms with van der Waals surface area (Å²) in [5, 5.41) is 12.9. The van der Waals surface area contributed by atoms with E-state index in [2.05, 4.69) is 24.1 Å². The summed E-state index contributed by atoms with van der Waals surface area (Å²) < 4.78 is 0. The number of amides is 1. The van der Waals surface area contributed by atoms with Gasteiger partial charge in [-0.05, 0) is 25.5 Å². The van der Waals surface area contributed by atoms with Crippen molar-refractivity contribution in [2.75, 3.05) is 23.3 Å². The monoisotopic (exact) mass is 268 g/mol. The molecule has 0 fully saturated rings. The molecule has 0 saturated carbocycles. The van der Waals surface area contributed by atoms with Crippen molar-refractivity contribution in [3.63, 3.8) is 0 Å². The first-order valence-electron chi connectivity index (χ1n) is 6.15. The summed E-state index contributed by atoms with van der Waals surface area (Å²) >= 11 is 6.24. The molecule has 0 saturated heterocycles. The van der Waals surface area contributed by atoms with Gasteiger partial charge in [-0.1, -0.05) is 18.5 Å². The fourth-order valence-electron chi connectivity index (χ4n) is 2.22. The maximum absolute atomic E-state index is 11.4. The number of hydrogen-bond acceptors (Lipinski definition) is 3.